The summed E-state index contributed by atoms with van der Waals surface area (Å²) >= 11 is 14.5. The number of methoxy groups -OCH3 is 1. The zero-order valence-corrected chi connectivity index (χ0v) is 24.8. The lowest BCUT2D eigenvalue weighted by Crippen LogP contribution is -2.06. The highest BCUT2D eigenvalue weighted by Crippen LogP contribution is 2.27. The predicted octanol–water partition coefficient (Wildman–Crippen LogP) is 6.02. The Morgan fingerprint density at radius 3 is 2.05 bits per heavy atom. The highest BCUT2D eigenvalue weighted by atomic mass is 35.5. The number of nitrogens with one attached hydrogen (secondary N) is 4. The molecule has 14 heteroatoms. The number of aromatic nitrogens is 6. The number of nitrogens with two attached hydrogens (primary N) is 1. The van der Waals surface area contributed by atoms with Crippen LogP contribution in [0.25, 0.3) is 22.5 Å². The molecule has 0 saturated heterocycles. The number of ether oxygens (including phenoxy) is 1. The van der Waals surface area contributed by atoms with Gasteiger partial charge in [0.1, 0.15) is 5.82 Å². The van der Waals surface area contributed by atoms with Gasteiger partial charge < -0.3 is 20.4 Å². The summed E-state index contributed by atoms with van der Waals surface area (Å²) in [4.78, 5) is 29.4. The van der Waals surface area contributed by atoms with E-state index in [1.54, 1.807) is 61.2 Å². The first kappa shape index (κ1) is 29.9. The van der Waals surface area contributed by atoms with Gasteiger partial charge in [0.2, 0.25) is 0 Å². The van der Waals surface area contributed by atoms with Gasteiger partial charge in [-0.3, -0.25) is 19.8 Å². The number of anilines is 1. The van der Waals surface area contributed by atoms with Crippen molar-refractivity contribution in [3.05, 3.63) is 113 Å². The van der Waals surface area contributed by atoms with E-state index in [1.807, 2.05) is 30.3 Å². The van der Waals surface area contributed by atoms with Crippen molar-refractivity contribution in [2.75, 3.05) is 12.8 Å². The number of rotatable bonds is 6. The quantitative estimate of drug-likeness (QED) is 0.151. The molecule has 212 valence electrons. The van der Waals surface area contributed by atoms with Crippen molar-refractivity contribution in [1.82, 2.24) is 30.4 Å². The Kier molecular flexibility index (Phi) is 10.6. The lowest BCUT2D eigenvalue weighted by atomic mass is 10.1. The van der Waals surface area contributed by atoms with Gasteiger partial charge in [0.25, 0.3) is 11.1 Å². The normalized spacial score (nSPS) is 10.3. The Balaban J connectivity index is 0.000000158. The van der Waals surface area contributed by atoms with Crippen LogP contribution in [0.2, 0.25) is 8.67 Å². The number of hydrogen-bond acceptors (Lipinski definition) is 8. The van der Waals surface area contributed by atoms with Gasteiger partial charge in [0.05, 0.1) is 38.3 Å². The maximum atomic E-state index is 11.7. The Morgan fingerprint density at radius 1 is 0.829 bits per heavy atom. The minimum atomic E-state index is -0.161. The third-order valence-electron chi connectivity index (χ3n) is 5.45. The summed E-state index contributed by atoms with van der Waals surface area (Å²) in [6.07, 6.45) is 4.93. The molecule has 0 saturated carbocycles. The van der Waals surface area contributed by atoms with E-state index >= 15 is 0 Å². The number of halogens is 2. The lowest BCUT2D eigenvalue weighted by Gasteiger charge is -1.94. The van der Waals surface area contributed by atoms with Crippen LogP contribution in [0.1, 0.15) is 10.6 Å². The first-order valence-corrected chi connectivity index (χ1v) is 14.5. The highest BCUT2D eigenvalue weighted by Gasteiger charge is 2.08. The van der Waals surface area contributed by atoms with Gasteiger partial charge in [-0.2, -0.15) is 10.2 Å². The molecule has 0 aliphatic rings. The Labute approximate surface area is 252 Å². The number of aromatic amines is 4. The van der Waals surface area contributed by atoms with Gasteiger partial charge >= 0.3 is 0 Å². The molecule has 0 aliphatic heterocycles. The van der Waals surface area contributed by atoms with Gasteiger partial charge in [0, 0.05) is 29.0 Å². The molecule has 0 bridgehead atoms. The van der Waals surface area contributed by atoms with Gasteiger partial charge in [-0.05, 0) is 67.4 Å². The monoisotopic (exact) mass is 629 g/mol. The zero-order valence-electron chi connectivity index (χ0n) is 21.6. The van der Waals surface area contributed by atoms with E-state index in [0.29, 0.717) is 28.3 Å². The van der Waals surface area contributed by atoms with E-state index in [1.165, 1.54) is 16.2 Å². The molecule has 10 nitrogen and oxygen atoms in total. The number of aryl methyl sites for hydroxylation is 2. The number of thiophene rings is 2. The fourth-order valence-corrected chi connectivity index (χ4v) is 5.44. The van der Waals surface area contributed by atoms with E-state index < -0.39 is 0 Å². The van der Waals surface area contributed by atoms with Crippen molar-refractivity contribution < 1.29 is 4.74 Å². The second-order valence-corrected chi connectivity index (χ2v) is 11.8. The minimum absolute atomic E-state index is 0.129. The predicted molar refractivity (Wildman–Crippen MR) is 166 cm³/mol. The van der Waals surface area contributed by atoms with Crippen LogP contribution in [0, 0.1) is 0 Å². The van der Waals surface area contributed by atoms with Crippen LogP contribution in [0.4, 0.5) is 5.82 Å². The van der Waals surface area contributed by atoms with Crippen LogP contribution in [-0.4, -0.2) is 37.5 Å². The van der Waals surface area contributed by atoms with E-state index in [2.05, 4.69) is 30.4 Å². The summed E-state index contributed by atoms with van der Waals surface area (Å²) in [6, 6.07) is 18.1. The molecule has 41 heavy (non-hydrogen) atoms. The number of hydrogen-bond donors (Lipinski definition) is 5. The van der Waals surface area contributed by atoms with Crippen molar-refractivity contribution in [3.63, 3.8) is 0 Å². The Hall–Kier alpha value is -4.10. The molecular formula is C27H25Cl2N7O3S2. The average molecular weight is 631 g/mol. The van der Waals surface area contributed by atoms with Gasteiger partial charge in [-0.15, -0.1) is 11.3 Å². The topological polar surface area (TPSA) is 158 Å². The molecule has 0 radical (unpaired) electrons. The molecule has 0 atom stereocenters. The summed E-state index contributed by atoms with van der Waals surface area (Å²) < 4.78 is 6.44. The van der Waals surface area contributed by atoms with Crippen molar-refractivity contribution in [3.8, 4) is 27.6 Å². The second kappa shape index (κ2) is 14.5. The van der Waals surface area contributed by atoms with Gasteiger partial charge in [0.15, 0.2) is 5.06 Å². The molecule has 6 N–H and O–H groups in total. The average Bonchev–Trinajstić information content (AvgIpc) is 3.78. The summed E-state index contributed by atoms with van der Waals surface area (Å²) in [6.45, 7) is 0. The van der Waals surface area contributed by atoms with E-state index in [9.17, 15) is 9.59 Å². The van der Waals surface area contributed by atoms with Crippen molar-refractivity contribution in [2.45, 2.75) is 12.8 Å². The van der Waals surface area contributed by atoms with Crippen LogP contribution in [0.5, 0.6) is 5.06 Å². The highest BCUT2D eigenvalue weighted by molar-refractivity contribution is 7.17. The summed E-state index contributed by atoms with van der Waals surface area (Å²) in [5, 5.41) is 14.4. The lowest BCUT2D eigenvalue weighted by molar-refractivity contribution is 0.427. The molecule has 0 spiro atoms. The molecule has 0 fully saturated rings. The third-order valence-corrected chi connectivity index (χ3v) is 7.93. The molecule has 0 aliphatic carbocycles. The number of nitrogens with zero attached hydrogens (tertiary/aromatic N) is 2. The van der Waals surface area contributed by atoms with Crippen molar-refractivity contribution >= 4 is 51.7 Å². The summed E-state index contributed by atoms with van der Waals surface area (Å²) in [5.41, 5.74) is 8.54. The van der Waals surface area contributed by atoms with E-state index in [4.69, 9.17) is 33.7 Å². The van der Waals surface area contributed by atoms with E-state index in [-0.39, 0.29) is 11.1 Å². The van der Waals surface area contributed by atoms with Gasteiger partial charge in [-0.25, -0.2) is 0 Å². The standard InChI is InChI=1S/C14H12ClN3OS.C8H8N4O.C5H5ClOS/c15-13-6-5-10(20-13)4-3-9-8-12(18-17-9)11-2-1-7-16-14(11)19;9-7-4-6(11-12-7)5-2-1-3-10-8(5)13;1-7-5-3-2-4(6)8-5/h1-2,5-8H,3-4H2,(H,16,19)(H,17,18);1-4H,(H,10,13)(H3,9,11,12);2-3H,1H3. The molecular weight excluding hydrogens is 605 g/mol. The number of pyridine rings is 2. The smallest absolute Gasteiger partial charge is 0.257 e. The van der Waals surface area contributed by atoms with Crippen LogP contribution in [0.3, 0.4) is 0 Å². The first-order chi connectivity index (χ1) is 19.8. The van der Waals surface area contributed by atoms with E-state index in [0.717, 1.165) is 32.3 Å². The molecule has 6 aromatic rings. The molecule has 6 aromatic heterocycles. The van der Waals surface area contributed by atoms with Crippen molar-refractivity contribution in [2.24, 2.45) is 0 Å². The fourth-order valence-electron chi connectivity index (χ4n) is 3.51. The van der Waals surface area contributed by atoms with Crippen LogP contribution >= 0.6 is 45.9 Å². The maximum Gasteiger partial charge on any atom is 0.257 e. The van der Waals surface area contributed by atoms with Crippen LogP contribution in [0.15, 0.2) is 82.6 Å². The van der Waals surface area contributed by atoms with Crippen molar-refractivity contribution in [1.29, 1.82) is 0 Å². The Morgan fingerprint density at radius 2 is 1.51 bits per heavy atom. The molecule has 0 aromatic carbocycles. The fraction of sp³-hybridized carbons (Fsp3) is 0.111. The maximum absolute atomic E-state index is 11.7. The van der Waals surface area contributed by atoms with Gasteiger partial charge in [-0.1, -0.05) is 34.5 Å². The first-order valence-electron chi connectivity index (χ1n) is 12.1. The van der Waals surface area contributed by atoms with Crippen LogP contribution in [-0.2, 0) is 12.8 Å². The zero-order chi connectivity index (χ0) is 29.2. The number of H-pyrrole nitrogens is 4. The second-order valence-electron chi connectivity index (χ2n) is 8.28. The number of nitrogen functional groups attached to an aromatic ring is 1. The molecule has 6 heterocycles. The summed E-state index contributed by atoms with van der Waals surface area (Å²) in [7, 11) is 1.63. The third kappa shape index (κ3) is 8.69. The summed E-state index contributed by atoms with van der Waals surface area (Å²) in [5.74, 6) is 0.373. The molecule has 0 amide bonds. The minimum Gasteiger partial charge on any atom is -0.487 e. The SMILES string of the molecule is COc1ccc(Cl)s1.Nc1cc(-c2ccc[nH]c2=O)[nH]n1.O=c1[nH]cccc1-c1cc(CCc2ccc(Cl)s2)[nH]n1. The molecule has 6 rings (SSSR count). The Bertz CT molecular complexity index is 1800. The van der Waals surface area contributed by atoms with Crippen LogP contribution < -0.4 is 21.6 Å². The molecule has 0 unspecified atom stereocenters. The largest absolute Gasteiger partial charge is 0.487 e.